The van der Waals surface area contributed by atoms with Crippen molar-refractivity contribution in [1.82, 2.24) is 0 Å². The van der Waals surface area contributed by atoms with Gasteiger partial charge < -0.3 is 25.3 Å². The molecule has 2 amide bonds. The maximum Gasteiger partial charge on any atom is 0.262 e. The van der Waals surface area contributed by atoms with Crippen molar-refractivity contribution in [2.75, 3.05) is 25.6 Å². The number of rotatable bonds is 9. The number of benzene rings is 2. The highest BCUT2D eigenvalue weighted by Gasteiger charge is 2.13. The molecule has 0 fully saturated rings. The van der Waals surface area contributed by atoms with Gasteiger partial charge >= 0.3 is 0 Å². The minimum absolute atomic E-state index is 0.172. The van der Waals surface area contributed by atoms with Crippen LogP contribution in [0.25, 0.3) is 0 Å². The number of methoxy groups -OCH3 is 1. The first-order chi connectivity index (χ1) is 12.5. The molecular formula is C19H22N2O5. The fourth-order valence-electron chi connectivity index (χ4n) is 2.19. The molecule has 0 aromatic heterocycles. The van der Waals surface area contributed by atoms with Crippen molar-refractivity contribution in [3.05, 3.63) is 48.0 Å². The molecule has 3 N–H and O–H groups in total. The largest absolute Gasteiger partial charge is 0.497 e. The van der Waals surface area contributed by atoms with Gasteiger partial charge in [-0.15, -0.1) is 0 Å². The van der Waals surface area contributed by atoms with Gasteiger partial charge in [-0.1, -0.05) is 19.1 Å². The number of para-hydroxylation sites is 2. The highest BCUT2D eigenvalue weighted by atomic mass is 16.5. The Morgan fingerprint density at radius 3 is 2.54 bits per heavy atom. The number of nitrogens with one attached hydrogen (secondary N) is 1. The van der Waals surface area contributed by atoms with Gasteiger partial charge in [0.15, 0.2) is 6.61 Å². The molecule has 2 aromatic carbocycles. The molecule has 2 rings (SSSR count). The minimum atomic E-state index is -0.652. The highest BCUT2D eigenvalue weighted by Crippen LogP contribution is 2.26. The number of anilines is 1. The first-order valence-electron chi connectivity index (χ1n) is 8.17. The molecule has 0 aliphatic carbocycles. The third-order valence-electron chi connectivity index (χ3n) is 3.44. The van der Waals surface area contributed by atoms with Gasteiger partial charge in [0, 0.05) is 6.07 Å². The molecule has 0 unspecified atom stereocenters. The monoisotopic (exact) mass is 358 g/mol. The number of amides is 2. The molecule has 26 heavy (non-hydrogen) atoms. The van der Waals surface area contributed by atoms with Crippen molar-refractivity contribution >= 4 is 17.5 Å². The van der Waals surface area contributed by atoms with Crippen molar-refractivity contribution in [3.63, 3.8) is 0 Å². The number of nitrogens with two attached hydrogens (primary N) is 1. The first kappa shape index (κ1) is 19.1. The lowest BCUT2D eigenvalue weighted by atomic mass is 10.2. The van der Waals surface area contributed by atoms with E-state index in [-0.39, 0.29) is 17.9 Å². The third kappa shape index (κ3) is 5.14. The van der Waals surface area contributed by atoms with Gasteiger partial charge in [-0.25, -0.2) is 0 Å². The van der Waals surface area contributed by atoms with E-state index in [0.717, 1.165) is 6.42 Å². The summed E-state index contributed by atoms with van der Waals surface area (Å²) in [5.74, 6) is 0.213. The Kier molecular flexibility index (Phi) is 6.84. The van der Waals surface area contributed by atoms with Crippen LogP contribution in [0.4, 0.5) is 5.69 Å². The fraction of sp³-hybridized carbons (Fsp3) is 0.263. The minimum Gasteiger partial charge on any atom is -0.497 e. The van der Waals surface area contributed by atoms with Crippen LogP contribution in [-0.4, -0.2) is 32.1 Å². The molecule has 0 heterocycles. The van der Waals surface area contributed by atoms with Gasteiger partial charge in [0.25, 0.3) is 11.8 Å². The van der Waals surface area contributed by atoms with E-state index >= 15 is 0 Å². The molecule has 7 heteroatoms. The first-order valence-corrected chi connectivity index (χ1v) is 8.17. The Balaban J connectivity index is 2.05. The van der Waals surface area contributed by atoms with Gasteiger partial charge in [0.05, 0.1) is 25.0 Å². The van der Waals surface area contributed by atoms with Crippen LogP contribution in [0.15, 0.2) is 42.5 Å². The van der Waals surface area contributed by atoms with E-state index in [1.807, 2.05) is 13.0 Å². The zero-order chi connectivity index (χ0) is 18.9. The van der Waals surface area contributed by atoms with Crippen molar-refractivity contribution < 1.29 is 23.8 Å². The fourth-order valence-corrected chi connectivity index (χ4v) is 2.19. The molecule has 7 nitrogen and oxygen atoms in total. The molecule has 0 radical (unpaired) electrons. The van der Waals surface area contributed by atoms with Crippen LogP contribution < -0.4 is 25.3 Å². The predicted molar refractivity (Wildman–Crippen MR) is 97.9 cm³/mol. The summed E-state index contributed by atoms with van der Waals surface area (Å²) in [6.07, 6.45) is 0.858. The zero-order valence-corrected chi connectivity index (χ0v) is 14.8. The molecule has 0 saturated carbocycles. The highest BCUT2D eigenvalue weighted by molar-refractivity contribution is 5.96. The zero-order valence-electron chi connectivity index (χ0n) is 14.8. The summed E-state index contributed by atoms with van der Waals surface area (Å²) in [6.45, 7) is 2.25. The van der Waals surface area contributed by atoms with Crippen molar-refractivity contribution in [1.29, 1.82) is 0 Å². The maximum absolute atomic E-state index is 12.2. The Morgan fingerprint density at radius 2 is 1.85 bits per heavy atom. The van der Waals surface area contributed by atoms with E-state index < -0.39 is 11.8 Å². The van der Waals surface area contributed by atoms with Gasteiger partial charge in [-0.05, 0) is 30.7 Å². The van der Waals surface area contributed by atoms with Crippen molar-refractivity contribution in [2.45, 2.75) is 13.3 Å². The second-order valence-electron chi connectivity index (χ2n) is 5.41. The molecule has 0 aliphatic rings. The number of hydrogen-bond donors (Lipinski definition) is 2. The lowest BCUT2D eigenvalue weighted by molar-refractivity contribution is -0.118. The molecular weight excluding hydrogens is 336 g/mol. The quantitative estimate of drug-likeness (QED) is 0.718. The van der Waals surface area contributed by atoms with E-state index in [9.17, 15) is 9.59 Å². The smallest absolute Gasteiger partial charge is 0.262 e. The molecule has 0 aliphatic heterocycles. The lowest BCUT2D eigenvalue weighted by Gasteiger charge is -2.13. The second-order valence-corrected chi connectivity index (χ2v) is 5.41. The summed E-state index contributed by atoms with van der Waals surface area (Å²) in [4.78, 5) is 23.7. The van der Waals surface area contributed by atoms with Gasteiger partial charge in [-0.3, -0.25) is 9.59 Å². The molecule has 0 saturated heterocycles. The molecule has 0 bridgehead atoms. The van der Waals surface area contributed by atoms with Crippen LogP contribution in [-0.2, 0) is 4.79 Å². The average Bonchev–Trinajstić information content (AvgIpc) is 2.65. The van der Waals surface area contributed by atoms with Crippen LogP contribution >= 0.6 is 0 Å². The number of primary amides is 1. The van der Waals surface area contributed by atoms with Crippen LogP contribution in [0.5, 0.6) is 17.2 Å². The standard InChI is InChI=1S/C19H22N2O5/c1-3-10-25-16-7-5-4-6-15(16)21-18(22)12-26-17-11-13(24-2)8-9-14(17)19(20)23/h4-9,11H,3,10,12H2,1-2H3,(H2,20,23)(H,21,22). The number of hydrogen-bond acceptors (Lipinski definition) is 5. The van der Waals surface area contributed by atoms with E-state index in [1.54, 1.807) is 24.3 Å². The van der Waals surface area contributed by atoms with Crippen molar-refractivity contribution in [3.8, 4) is 17.2 Å². The Morgan fingerprint density at radius 1 is 1.08 bits per heavy atom. The van der Waals surface area contributed by atoms with Gasteiger partial charge in [-0.2, -0.15) is 0 Å². The molecule has 0 atom stereocenters. The SMILES string of the molecule is CCCOc1ccccc1NC(=O)COc1cc(OC)ccc1C(N)=O. The Bertz CT molecular complexity index is 776. The molecule has 0 spiro atoms. The molecule has 2 aromatic rings. The molecule has 138 valence electrons. The number of ether oxygens (including phenoxy) is 3. The summed E-state index contributed by atoms with van der Waals surface area (Å²) in [5, 5.41) is 2.73. The summed E-state index contributed by atoms with van der Waals surface area (Å²) in [6, 6.07) is 11.7. The van der Waals surface area contributed by atoms with Crippen LogP contribution in [0.1, 0.15) is 23.7 Å². The number of carbonyl (C=O) groups is 2. The van der Waals surface area contributed by atoms with Crippen LogP contribution in [0.2, 0.25) is 0 Å². The predicted octanol–water partition coefficient (Wildman–Crippen LogP) is 2.60. The van der Waals surface area contributed by atoms with Crippen LogP contribution in [0.3, 0.4) is 0 Å². The lowest BCUT2D eigenvalue weighted by Crippen LogP contribution is -2.22. The number of carbonyl (C=O) groups excluding carboxylic acids is 2. The summed E-state index contributed by atoms with van der Waals surface area (Å²) in [7, 11) is 1.49. The average molecular weight is 358 g/mol. The Hall–Kier alpha value is -3.22. The van der Waals surface area contributed by atoms with E-state index in [1.165, 1.54) is 19.2 Å². The topological polar surface area (TPSA) is 99.9 Å². The van der Waals surface area contributed by atoms with E-state index in [0.29, 0.717) is 23.8 Å². The van der Waals surface area contributed by atoms with E-state index in [2.05, 4.69) is 5.32 Å². The summed E-state index contributed by atoms with van der Waals surface area (Å²) < 4.78 is 16.2. The van der Waals surface area contributed by atoms with Gasteiger partial charge in [0.2, 0.25) is 0 Å². The van der Waals surface area contributed by atoms with E-state index in [4.69, 9.17) is 19.9 Å². The van der Waals surface area contributed by atoms with Crippen molar-refractivity contribution in [2.24, 2.45) is 5.73 Å². The normalized spacial score (nSPS) is 10.1. The summed E-state index contributed by atoms with van der Waals surface area (Å²) >= 11 is 0. The Labute approximate surface area is 152 Å². The third-order valence-corrected chi connectivity index (χ3v) is 3.44. The van der Waals surface area contributed by atoms with Crippen LogP contribution in [0, 0.1) is 0 Å². The second kappa shape index (κ2) is 9.31. The summed E-state index contributed by atoms with van der Waals surface area (Å²) in [5.41, 5.74) is 6.05. The van der Waals surface area contributed by atoms with Gasteiger partial charge in [0.1, 0.15) is 17.2 Å². The maximum atomic E-state index is 12.2.